The number of methoxy groups -OCH3 is 1. The lowest BCUT2D eigenvalue weighted by molar-refractivity contribution is 0.111. The number of rotatable bonds is 3. The Hall–Kier alpha value is -1.03. The molecule has 0 spiro atoms. The van der Waals surface area contributed by atoms with Crippen molar-refractivity contribution in [2.75, 3.05) is 13.4 Å². The van der Waals surface area contributed by atoms with Crippen LogP contribution >= 0.6 is 11.8 Å². The van der Waals surface area contributed by atoms with Crippen molar-refractivity contribution < 1.29 is 13.9 Å². The Morgan fingerprint density at radius 2 is 2.23 bits per heavy atom. The summed E-state index contributed by atoms with van der Waals surface area (Å²) >= 11 is 1.38. The Morgan fingerprint density at radius 3 is 2.69 bits per heavy atom. The van der Waals surface area contributed by atoms with Gasteiger partial charge in [0.25, 0.3) is 0 Å². The van der Waals surface area contributed by atoms with Crippen LogP contribution in [0.15, 0.2) is 17.0 Å². The standard InChI is InChI=1S/C9H9FO2S/c1-12-9-6(5-11)8(13-2)4-3-7(9)10/h3-5H,1-2H3. The van der Waals surface area contributed by atoms with Gasteiger partial charge >= 0.3 is 0 Å². The second-order valence-electron chi connectivity index (χ2n) is 2.31. The van der Waals surface area contributed by atoms with Crippen molar-refractivity contribution >= 4 is 18.0 Å². The minimum atomic E-state index is -0.512. The molecule has 0 aliphatic carbocycles. The number of hydrogen-bond donors (Lipinski definition) is 0. The summed E-state index contributed by atoms with van der Waals surface area (Å²) in [6.45, 7) is 0. The molecule has 0 aliphatic rings. The minimum Gasteiger partial charge on any atom is -0.493 e. The molecular weight excluding hydrogens is 191 g/mol. The zero-order chi connectivity index (χ0) is 9.84. The largest absolute Gasteiger partial charge is 0.493 e. The maximum Gasteiger partial charge on any atom is 0.166 e. The van der Waals surface area contributed by atoms with E-state index in [1.54, 1.807) is 6.07 Å². The van der Waals surface area contributed by atoms with Gasteiger partial charge in [-0.05, 0) is 18.4 Å². The number of carbonyl (C=O) groups is 1. The van der Waals surface area contributed by atoms with Crippen LogP contribution in [0.25, 0.3) is 0 Å². The van der Waals surface area contributed by atoms with Gasteiger partial charge in [0.1, 0.15) is 0 Å². The summed E-state index contributed by atoms with van der Waals surface area (Å²) in [6.07, 6.45) is 2.42. The molecule has 0 amide bonds. The van der Waals surface area contributed by atoms with Crippen molar-refractivity contribution in [2.24, 2.45) is 0 Å². The Morgan fingerprint density at radius 1 is 1.54 bits per heavy atom. The summed E-state index contributed by atoms with van der Waals surface area (Å²) in [6, 6.07) is 2.85. The van der Waals surface area contributed by atoms with Gasteiger partial charge in [0.15, 0.2) is 17.9 Å². The highest BCUT2D eigenvalue weighted by Crippen LogP contribution is 2.29. The van der Waals surface area contributed by atoms with E-state index in [9.17, 15) is 9.18 Å². The van der Waals surface area contributed by atoms with Crippen molar-refractivity contribution in [3.8, 4) is 5.75 Å². The van der Waals surface area contributed by atoms with Crippen molar-refractivity contribution in [3.05, 3.63) is 23.5 Å². The van der Waals surface area contributed by atoms with Gasteiger partial charge in [0.2, 0.25) is 0 Å². The Labute approximate surface area is 80.1 Å². The molecule has 0 aliphatic heterocycles. The van der Waals surface area contributed by atoms with Gasteiger partial charge in [0, 0.05) is 4.90 Å². The van der Waals surface area contributed by atoms with Gasteiger partial charge in [0.05, 0.1) is 12.7 Å². The van der Waals surface area contributed by atoms with Crippen LogP contribution in [0.5, 0.6) is 5.75 Å². The molecular formula is C9H9FO2S. The average molecular weight is 200 g/mol. The molecule has 0 bridgehead atoms. The number of halogens is 1. The van der Waals surface area contributed by atoms with Crippen molar-refractivity contribution in [1.82, 2.24) is 0 Å². The molecule has 0 atom stereocenters. The number of aldehydes is 1. The van der Waals surface area contributed by atoms with E-state index in [1.807, 2.05) is 6.26 Å². The second kappa shape index (κ2) is 4.28. The van der Waals surface area contributed by atoms with Gasteiger partial charge < -0.3 is 4.74 Å². The van der Waals surface area contributed by atoms with E-state index in [0.29, 0.717) is 11.2 Å². The van der Waals surface area contributed by atoms with Crippen LogP contribution in [0.3, 0.4) is 0 Å². The predicted octanol–water partition coefficient (Wildman–Crippen LogP) is 2.37. The topological polar surface area (TPSA) is 26.3 Å². The highest BCUT2D eigenvalue weighted by molar-refractivity contribution is 7.98. The second-order valence-corrected chi connectivity index (χ2v) is 3.16. The summed E-state index contributed by atoms with van der Waals surface area (Å²) in [5, 5.41) is 0. The summed E-state index contributed by atoms with van der Waals surface area (Å²) in [4.78, 5) is 11.4. The first kappa shape index (κ1) is 10.1. The number of benzene rings is 1. The zero-order valence-electron chi connectivity index (χ0n) is 7.33. The van der Waals surface area contributed by atoms with Gasteiger partial charge in [-0.2, -0.15) is 0 Å². The van der Waals surface area contributed by atoms with E-state index in [2.05, 4.69) is 0 Å². The van der Waals surface area contributed by atoms with Crippen LogP contribution in [-0.4, -0.2) is 19.7 Å². The lowest BCUT2D eigenvalue weighted by Crippen LogP contribution is -1.96. The monoisotopic (exact) mass is 200 g/mol. The maximum atomic E-state index is 13.1. The van der Waals surface area contributed by atoms with Crippen molar-refractivity contribution in [3.63, 3.8) is 0 Å². The highest BCUT2D eigenvalue weighted by Gasteiger charge is 2.12. The zero-order valence-corrected chi connectivity index (χ0v) is 8.15. The molecule has 0 aromatic heterocycles. The normalized spacial score (nSPS) is 9.77. The number of thioether (sulfide) groups is 1. The van der Waals surface area contributed by atoms with E-state index in [4.69, 9.17) is 4.74 Å². The molecule has 0 radical (unpaired) electrons. The van der Waals surface area contributed by atoms with E-state index in [1.165, 1.54) is 24.9 Å². The molecule has 1 aromatic carbocycles. The maximum absolute atomic E-state index is 13.1. The fourth-order valence-corrected chi connectivity index (χ4v) is 1.62. The van der Waals surface area contributed by atoms with Gasteiger partial charge in [-0.15, -0.1) is 11.8 Å². The first-order valence-electron chi connectivity index (χ1n) is 3.60. The third-order valence-corrected chi connectivity index (χ3v) is 2.45. The Balaban J connectivity index is 3.36. The molecule has 1 rings (SSSR count). The van der Waals surface area contributed by atoms with Crippen LogP contribution < -0.4 is 4.74 Å². The SMILES string of the molecule is COc1c(F)ccc(SC)c1C=O. The number of hydrogen-bond acceptors (Lipinski definition) is 3. The van der Waals surface area contributed by atoms with Crippen LogP contribution in [0.1, 0.15) is 10.4 Å². The Bertz CT molecular complexity index is 326. The quantitative estimate of drug-likeness (QED) is 0.553. The number of carbonyl (C=O) groups excluding carboxylic acids is 1. The third kappa shape index (κ3) is 1.83. The Kier molecular flexibility index (Phi) is 3.31. The molecule has 1 aromatic rings. The summed E-state index contributed by atoms with van der Waals surface area (Å²) < 4.78 is 17.9. The van der Waals surface area contributed by atoms with Gasteiger partial charge in [-0.3, -0.25) is 4.79 Å². The molecule has 4 heteroatoms. The van der Waals surface area contributed by atoms with Crippen molar-refractivity contribution in [1.29, 1.82) is 0 Å². The molecule has 0 heterocycles. The molecule has 0 saturated heterocycles. The smallest absolute Gasteiger partial charge is 0.166 e. The molecule has 0 saturated carbocycles. The van der Waals surface area contributed by atoms with Gasteiger partial charge in [-0.25, -0.2) is 4.39 Å². The first-order chi connectivity index (χ1) is 6.24. The molecule has 0 unspecified atom stereocenters. The molecule has 13 heavy (non-hydrogen) atoms. The highest BCUT2D eigenvalue weighted by atomic mass is 32.2. The molecule has 0 fully saturated rings. The number of ether oxygens (including phenoxy) is 1. The fraction of sp³-hybridized carbons (Fsp3) is 0.222. The summed E-state index contributed by atoms with van der Waals surface area (Å²) in [5.74, 6) is -0.496. The van der Waals surface area contributed by atoms with E-state index < -0.39 is 5.82 Å². The van der Waals surface area contributed by atoms with Crippen LogP contribution in [0.4, 0.5) is 4.39 Å². The minimum absolute atomic E-state index is 0.0156. The van der Waals surface area contributed by atoms with E-state index in [0.717, 1.165) is 0 Å². The van der Waals surface area contributed by atoms with Crippen LogP contribution in [0, 0.1) is 5.82 Å². The average Bonchev–Trinajstić information content (AvgIpc) is 2.17. The third-order valence-electron chi connectivity index (χ3n) is 1.65. The van der Waals surface area contributed by atoms with Crippen LogP contribution in [-0.2, 0) is 0 Å². The summed E-state index contributed by atoms with van der Waals surface area (Å²) in [7, 11) is 1.34. The van der Waals surface area contributed by atoms with Crippen LogP contribution in [0.2, 0.25) is 0 Å². The van der Waals surface area contributed by atoms with E-state index in [-0.39, 0.29) is 11.3 Å². The van der Waals surface area contributed by atoms with Crippen molar-refractivity contribution in [2.45, 2.75) is 4.90 Å². The molecule has 2 nitrogen and oxygen atoms in total. The lowest BCUT2D eigenvalue weighted by atomic mass is 10.2. The predicted molar refractivity (Wildman–Crippen MR) is 50.1 cm³/mol. The van der Waals surface area contributed by atoms with E-state index >= 15 is 0 Å². The fourth-order valence-electron chi connectivity index (χ4n) is 1.05. The lowest BCUT2D eigenvalue weighted by Gasteiger charge is -2.07. The molecule has 0 N–H and O–H groups in total. The summed E-state index contributed by atoms with van der Waals surface area (Å²) in [5.41, 5.74) is 0.273. The molecule has 70 valence electrons. The van der Waals surface area contributed by atoms with Gasteiger partial charge in [-0.1, -0.05) is 0 Å². The first-order valence-corrected chi connectivity index (χ1v) is 4.82.